The highest BCUT2D eigenvalue weighted by Gasteiger charge is 2.24. The van der Waals surface area contributed by atoms with Crippen molar-refractivity contribution in [3.05, 3.63) is 40.7 Å². The number of amides is 1. The van der Waals surface area contributed by atoms with E-state index in [9.17, 15) is 4.79 Å². The first kappa shape index (κ1) is 21.1. The van der Waals surface area contributed by atoms with Gasteiger partial charge in [0.1, 0.15) is 5.75 Å². The van der Waals surface area contributed by atoms with Gasteiger partial charge < -0.3 is 15.0 Å². The lowest BCUT2D eigenvalue weighted by Crippen LogP contribution is -2.13. The first-order valence-corrected chi connectivity index (χ1v) is 9.98. The Morgan fingerprint density at radius 3 is 2.48 bits per heavy atom. The summed E-state index contributed by atoms with van der Waals surface area (Å²) in [4.78, 5) is 12.4. The van der Waals surface area contributed by atoms with Crippen molar-refractivity contribution in [3.63, 3.8) is 0 Å². The standard InChI is InChI=1S/C23H34N2O2/c1-7-8-9-19-22(18-10-11-20(27-6)16(4)14-18)21(23(24)26)17(5)25(19)13-12-15(2)3/h10-11,14-15H,7-9,12-13H2,1-6H3,(H2,24,26). The van der Waals surface area contributed by atoms with Gasteiger partial charge in [-0.15, -0.1) is 0 Å². The molecular weight excluding hydrogens is 336 g/mol. The van der Waals surface area contributed by atoms with E-state index in [1.165, 1.54) is 5.69 Å². The Kier molecular flexibility index (Phi) is 7.11. The van der Waals surface area contributed by atoms with Gasteiger partial charge in [0.05, 0.1) is 12.7 Å². The lowest BCUT2D eigenvalue weighted by Gasteiger charge is -2.15. The van der Waals surface area contributed by atoms with Gasteiger partial charge in [-0.1, -0.05) is 33.3 Å². The molecule has 1 aromatic heterocycles. The highest BCUT2D eigenvalue weighted by atomic mass is 16.5. The molecule has 0 saturated carbocycles. The van der Waals surface area contributed by atoms with Crippen LogP contribution in [0, 0.1) is 19.8 Å². The number of benzene rings is 1. The van der Waals surface area contributed by atoms with E-state index in [1.807, 2.05) is 26.0 Å². The van der Waals surface area contributed by atoms with Gasteiger partial charge in [0.25, 0.3) is 5.91 Å². The molecule has 1 aromatic carbocycles. The Hall–Kier alpha value is -2.23. The Bertz CT molecular complexity index is 803. The van der Waals surface area contributed by atoms with Gasteiger partial charge in [-0.2, -0.15) is 0 Å². The Morgan fingerprint density at radius 1 is 1.26 bits per heavy atom. The van der Waals surface area contributed by atoms with E-state index in [2.05, 4.69) is 31.4 Å². The SMILES string of the molecule is CCCCc1c(-c2ccc(OC)c(C)c2)c(C(N)=O)c(C)n1CCC(C)C. The topological polar surface area (TPSA) is 57.2 Å². The molecule has 4 heteroatoms. The first-order valence-electron chi connectivity index (χ1n) is 9.98. The van der Waals surface area contributed by atoms with Crippen LogP contribution in [0.2, 0.25) is 0 Å². The van der Waals surface area contributed by atoms with E-state index in [0.29, 0.717) is 11.5 Å². The van der Waals surface area contributed by atoms with Gasteiger partial charge in [-0.05, 0) is 62.3 Å². The average molecular weight is 371 g/mol. The summed E-state index contributed by atoms with van der Waals surface area (Å²) in [6, 6.07) is 6.11. The zero-order chi connectivity index (χ0) is 20.1. The number of unbranched alkanes of at least 4 members (excludes halogenated alkanes) is 1. The van der Waals surface area contributed by atoms with Gasteiger partial charge in [0, 0.05) is 23.5 Å². The monoisotopic (exact) mass is 370 g/mol. The Balaban J connectivity index is 2.70. The summed E-state index contributed by atoms with van der Waals surface area (Å²) in [6.45, 7) is 11.6. The number of carbonyl (C=O) groups is 1. The summed E-state index contributed by atoms with van der Waals surface area (Å²) in [6.07, 6.45) is 4.23. The summed E-state index contributed by atoms with van der Waals surface area (Å²) in [5, 5.41) is 0. The van der Waals surface area contributed by atoms with E-state index in [4.69, 9.17) is 10.5 Å². The minimum atomic E-state index is -0.350. The third kappa shape index (κ3) is 4.55. The van der Waals surface area contributed by atoms with E-state index < -0.39 is 0 Å². The number of aryl methyl sites for hydroxylation is 1. The third-order valence-corrected chi connectivity index (χ3v) is 5.26. The Labute approximate surface area is 163 Å². The molecule has 1 heterocycles. The smallest absolute Gasteiger partial charge is 0.251 e. The number of nitrogens with two attached hydrogens (primary N) is 1. The summed E-state index contributed by atoms with van der Waals surface area (Å²) >= 11 is 0. The maximum Gasteiger partial charge on any atom is 0.251 e. The molecule has 1 amide bonds. The van der Waals surface area contributed by atoms with Crippen molar-refractivity contribution in [2.45, 2.75) is 66.8 Å². The van der Waals surface area contributed by atoms with Crippen LogP contribution in [0.25, 0.3) is 11.1 Å². The van der Waals surface area contributed by atoms with E-state index in [-0.39, 0.29) is 5.91 Å². The molecular formula is C23H34N2O2. The number of aromatic nitrogens is 1. The predicted octanol–water partition coefficient (Wildman–Crippen LogP) is 5.27. The van der Waals surface area contributed by atoms with Crippen LogP contribution in [-0.2, 0) is 13.0 Å². The molecule has 2 N–H and O–H groups in total. The molecule has 0 aliphatic heterocycles. The molecule has 4 nitrogen and oxygen atoms in total. The predicted molar refractivity (Wildman–Crippen MR) is 112 cm³/mol. The summed E-state index contributed by atoms with van der Waals surface area (Å²) in [7, 11) is 1.68. The van der Waals surface area contributed by atoms with Crippen LogP contribution in [0.4, 0.5) is 0 Å². The molecule has 0 spiro atoms. The highest BCUT2D eigenvalue weighted by molar-refractivity contribution is 6.02. The molecule has 2 aromatic rings. The second-order valence-corrected chi connectivity index (χ2v) is 7.77. The molecule has 0 bridgehead atoms. The molecule has 0 atom stereocenters. The average Bonchev–Trinajstić information content (AvgIpc) is 2.89. The number of rotatable bonds is 9. The van der Waals surface area contributed by atoms with Crippen molar-refractivity contribution >= 4 is 5.91 Å². The number of carbonyl (C=O) groups excluding carboxylic acids is 1. The maximum atomic E-state index is 12.4. The van der Waals surface area contributed by atoms with Crippen molar-refractivity contribution < 1.29 is 9.53 Å². The fourth-order valence-electron chi connectivity index (χ4n) is 3.74. The van der Waals surface area contributed by atoms with Gasteiger partial charge in [0.2, 0.25) is 0 Å². The minimum Gasteiger partial charge on any atom is -0.496 e. The first-order chi connectivity index (χ1) is 12.8. The lowest BCUT2D eigenvalue weighted by atomic mass is 9.96. The van der Waals surface area contributed by atoms with E-state index in [1.54, 1.807) is 7.11 Å². The van der Waals surface area contributed by atoms with Crippen molar-refractivity contribution in [2.24, 2.45) is 11.7 Å². The van der Waals surface area contributed by atoms with Gasteiger partial charge in [-0.3, -0.25) is 4.79 Å². The maximum absolute atomic E-state index is 12.4. The zero-order valence-electron chi connectivity index (χ0n) is 17.7. The molecule has 0 radical (unpaired) electrons. The summed E-state index contributed by atoms with van der Waals surface area (Å²) < 4.78 is 7.73. The lowest BCUT2D eigenvalue weighted by molar-refractivity contribution is 0.1000. The molecule has 2 rings (SSSR count). The van der Waals surface area contributed by atoms with Crippen LogP contribution in [0.5, 0.6) is 5.75 Å². The van der Waals surface area contributed by atoms with Crippen LogP contribution in [0.3, 0.4) is 0 Å². The number of ether oxygens (including phenoxy) is 1. The number of methoxy groups -OCH3 is 1. The largest absolute Gasteiger partial charge is 0.496 e. The Morgan fingerprint density at radius 2 is 1.96 bits per heavy atom. The minimum absolute atomic E-state index is 0.350. The van der Waals surface area contributed by atoms with Crippen molar-refractivity contribution in [2.75, 3.05) is 7.11 Å². The van der Waals surface area contributed by atoms with Crippen LogP contribution < -0.4 is 10.5 Å². The normalized spacial score (nSPS) is 11.2. The molecule has 0 fully saturated rings. The number of hydrogen-bond acceptors (Lipinski definition) is 2. The highest BCUT2D eigenvalue weighted by Crippen LogP contribution is 2.36. The van der Waals surface area contributed by atoms with Crippen LogP contribution in [0.1, 0.15) is 67.3 Å². The fraction of sp³-hybridized carbons (Fsp3) is 0.522. The van der Waals surface area contributed by atoms with Gasteiger partial charge >= 0.3 is 0 Å². The quantitative estimate of drug-likeness (QED) is 0.654. The second kappa shape index (κ2) is 9.12. The molecule has 0 aliphatic carbocycles. The van der Waals surface area contributed by atoms with Gasteiger partial charge in [-0.25, -0.2) is 0 Å². The van der Waals surface area contributed by atoms with E-state index in [0.717, 1.165) is 60.4 Å². The van der Waals surface area contributed by atoms with Crippen molar-refractivity contribution in [3.8, 4) is 16.9 Å². The van der Waals surface area contributed by atoms with E-state index >= 15 is 0 Å². The fourth-order valence-corrected chi connectivity index (χ4v) is 3.74. The van der Waals surface area contributed by atoms with Crippen molar-refractivity contribution in [1.82, 2.24) is 4.57 Å². The van der Waals surface area contributed by atoms with Crippen molar-refractivity contribution in [1.29, 1.82) is 0 Å². The summed E-state index contributed by atoms with van der Waals surface area (Å²) in [5.41, 5.74) is 11.8. The molecule has 0 aliphatic rings. The van der Waals surface area contributed by atoms with Crippen LogP contribution >= 0.6 is 0 Å². The number of primary amides is 1. The van der Waals surface area contributed by atoms with Crippen LogP contribution in [0.15, 0.2) is 18.2 Å². The molecule has 27 heavy (non-hydrogen) atoms. The molecule has 148 valence electrons. The number of hydrogen-bond donors (Lipinski definition) is 1. The third-order valence-electron chi connectivity index (χ3n) is 5.26. The molecule has 0 saturated heterocycles. The molecule has 0 unspecified atom stereocenters. The number of nitrogens with zero attached hydrogens (tertiary/aromatic N) is 1. The van der Waals surface area contributed by atoms with Crippen LogP contribution in [-0.4, -0.2) is 17.6 Å². The zero-order valence-corrected chi connectivity index (χ0v) is 17.7. The summed E-state index contributed by atoms with van der Waals surface area (Å²) in [5.74, 6) is 1.11. The second-order valence-electron chi connectivity index (χ2n) is 7.77. The van der Waals surface area contributed by atoms with Gasteiger partial charge in [0.15, 0.2) is 0 Å².